The van der Waals surface area contributed by atoms with Gasteiger partial charge in [0.05, 0.1) is 11.8 Å². The lowest BCUT2D eigenvalue weighted by Crippen LogP contribution is -2.21. The molecule has 6 heteroatoms. The van der Waals surface area contributed by atoms with Crippen molar-refractivity contribution in [2.75, 3.05) is 7.11 Å². The molecular weight excluding hydrogens is 216 g/mol. The number of nitrogens with one attached hydrogen (secondary N) is 2. The lowest BCUT2D eigenvalue weighted by Gasteiger charge is -1.85. The molecule has 0 aliphatic rings. The van der Waals surface area contributed by atoms with E-state index in [1.807, 2.05) is 0 Å². The van der Waals surface area contributed by atoms with E-state index in [2.05, 4.69) is 9.72 Å². The summed E-state index contributed by atoms with van der Waals surface area (Å²) in [4.78, 5) is 24.7. The highest BCUT2D eigenvalue weighted by Crippen LogP contribution is 1.77. The number of aromatic amines is 1. The molecule has 0 saturated carbocycles. The second-order valence-electron chi connectivity index (χ2n) is 2.78. The smallest absolute Gasteiger partial charge is 0.332 e. The minimum atomic E-state index is -0.569. The number of aromatic nitrogens is 1. The number of methoxy groups -OCH3 is 1. The summed E-state index contributed by atoms with van der Waals surface area (Å²) in [6, 6.07) is 0. The lowest BCUT2D eigenvalue weighted by molar-refractivity contribution is -0.133. The van der Waals surface area contributed by atoms with Crippen molar-refractivity contribution < 1.29 is 9.53 Å². The van der Waals surface area contributed by atoms with Gasteiger partial charge < -0.3 is 15.1 Å². The second-order valence-corrected chi connectivity index (χ2v) is 3.86. The molecule has 80 valence electrons. The predicted octanol–water partition coefficient (Wildman–Crippen LogP) is -0.790. The number of thiazole rings is 1. The average Bonchev–Trinajstić information content (AvgIpc) is 2.45. The first-order valence-electron chi connectivity index (χ1n) is 4.08. The molecule has 0 radical (unpaired) electrons. The fourth-order valence-corrected chi connectivity index (χ4v) is 1.80. The van der Waals surface area contributed by atoms with Gasteiger partial charge in [-0.05, 0) is 13.0 Å². The molecule has 0 fully saturated rings. The summed E-state index contributed by atoms with van der Waals surface area (Å²) in [5, 5.41) is 7.22. The number of H-pyrrole nitrogens is 1. The Kier molecular flexibility index (Phi) is 3.56. The van der Waals surface area contributed by atoms with Gasteiger partial charge in [-0.3, -0.25) is 4.79 Å². The Hall–Kier alpha value is -1.69. The molecule has 0 spiro atoms. The van der Waals surface area contributed by atoms with Crippen LogP contribution in [0.2, 0.25) is 0 Å². The molecule has 1 rings (SSSR count). The van der Waals surface area contributed by atoms with Gasteiger partial charge in [0.2, 0.25) is 0 Å². The van der Waals surface area contributed by atoms with Crippen LogP contribution in [0.5, 0.6) is 0 Å². The van der Waals surface area contributed by atoms with Crippen LogP contribution in [-0.2, 0) is 9.53 Å². The monoisotopic (exact) mass is 226 g/mol. The van der Waals surface area contributed by atoms with Crippen LogP contribution in [0.15, 0.2) is 4.79 Å². The van der Waals surface area contributed by atoms with E-state index in [9.17, 15) is 9.59 Å². The van der Waals surface area contributed by atoms with Crippen molar-refractivity contribution in [3.63, 3.8) is 0 Å². The predicted molar refractivity (Wildman–Crippen MR) is 58.5 cm³/mol. The normalized spacial score (nSPS) is 12.9. The maximum Gasteiger partial charge on any atom is 0.332 e. The molecule has 0 aliphatic heterocycles. The zero-order valence-corrected chi connectivity index (χ0v) is 9.10. The van der Waals surface area contributed by atoms with Crippen molar-refractivity contribution in [1.29, 1.82) is 5.41 Å². The van der Waals surface area contributed by atoms with E-state index in [0.717, 1.165) is 17.4 Å². The van der Waals surface area contributed by atoms with E-state index < -0.39 is 5.97 Å². The molecule has 1 aromatic heterocycles. The molecule has 1 aromatic rings. The SMILES string of the molecule is COC(=O)C=c1s/c(=C/C(C)=N)[nH]c1=O. The minimum Gasteiger partial charge on any atom is -0.466 e. The molecule has 0 atom stereocenters. The van der Waals surface area contributed by atoms with Gasteiger partial charge in [0.1, 0.15) is 4.53 Å². The van der Waals surface area contributed by atoms with E-state index >= 15 is 0 Å². The van der Waals surface area contributed by atoms with Crippen LogP contribution in [0, 0.1) is 5.41 Å². The number of ether oxygens (including phenoxy) is 1. The number of hydrogen-bond donors (Lipinski definition) is 2. The number of esters is 1. The third-order valence-electron chi connectivity index (χ3n) is 1.48. The standard InChI is InChI=1S/C9H10N2O3S/c1-5(10)3-7-11-9(13)6(15-7)4-8(12)14-2/h3-4,10H,1-2H3,(H,11,13)/b6-4?,7-3+,10-5?. The zero-order chi connectivity index (χ0) is 11.4. The van der Waals surface area contributed by atoms with Crippen molar-refractivity contribution in [1.82, 2.24) is 4.98 Å². The molecule has 0 aromatic carbocycles. The van der Waals surface area contributed by atoms with Crippen LogP contribution in [-0.4, -0.2) is 23.8 Å². The summed E-state index contributed by atoms with van der Waals surface area (Å²) in [5.74, 6) is -0.569. The second kappa shape index (κ2) is 4.70. The first kappa shape index (κ1) is 11.4. The van der Waals surface area contributed by atoms with Gasteiger partial charge in [0.15, 0.2) is 0 Å². The van der Waals surface area contributed by atoms with Gasteiger partial charge in [-0.25, -0.2) is 4.79 Å². The highest BCUT2D eigenvalue weighted by atomic mass is 32.1. The van der Waals surface area contributed by atoms with Crippen molar-refractivity contribution >= 4 is 35.2 Å². The first-order chi connectivity index (χ1) is 7.02. The van der Waals surface area contributed by atoms with E-state index in [4.69, 9.17) is 5.41 Å². The van der Waals surface area contributed by atoms with Crippen LogP contribution in [0.4, 0.5) is 0 Å². The maximum atomic E-state index is 11.3. The number of carbonyl (C=O) groups excluding carboxylic acids is 1. The lowest BCUT2D eigenvalue weighted by atomic mass is 10.4. The van der Waals surface area contributed by atoms with E-state index in [-0.39, 0.29) is 10.1 Å². The molecule has 0 unspecified atom stereocenters. The molecule has 0 saturated heterocycles. The number of carbonyl (C=O) groups is 1. The van der Waals surface area contributed by atoms with E-state index in [0.29, 0.717) is 10.4 Å². The number of hydrogen-bond acceptors (Lipinski definition) is 5. The summed E-state index contributed by atoms with van der Waals surface area (Å²) < 4.78 is 5.22. The van der Waals surface area contributed by atoms with E-state index in [1.165, 1.54) is 13.2 Å². The highest BCUT2D eigenvalue weighted by molar-refractivity contribution is 7.07. The quantitative estimate of drug-likeness (QED) is 0.512. The fourth-order valence-electron chi connectivity index (χ4n) is 0.887. The van der Waals surface area contributed by atoms with Gasteiger partial charge in [0.25, 0.3) is 5.56 Å². The van der Waals surface area contributed by atoms with Crippen molar-refractivity contribution in [3.8, 4) is 0 Å². The number of rotatable bonds is 2. The molecule has 2 N–H and O–H groups in total. The van der Waals surface area contributed by atoms with Crippen LogP contribution >= 0.6 is 11.3 Å². The third kappa shape index (κ3) is 3.17. The molecular formula is C9H10N2O3S. The molecule has 1 heterocycles. The van der Waals surface area contributed by atoms with Crippen LogP contribution < -0.4 is 14.8 Å². The Morgan fingerprint density at radius 3 is 2.73 bits per heavy atom. The Balaban J connectivity index is 3.30. The van der Waals surface area contributed by atoms with E-state index in [1.54, 1.807) is 6.92 Å². The molecule has 0 amide bonds. The van der Waals surface area contributed by atoms with Crippen LogP contribution in [0.3, 0.4) is 0 Å². The largest absolute Gasteiger partial charge is 0.466 e. The Bertz CT molecular complexity index is 553. The summed E-state index contributed by atoms with van der Waals surface area (Å²) in [6.45, 7) is 1.60. The van der Waals surface area contributed by atoms with Crippen molar-refractivity contribution in [2.45, 2.75) is 6.92 Å². The summed E-state index contributed by atoms with van der Waals surface area (Å²) in [5.41, 5.74) is -0.0185. The Morgan fingerprint density at radius 2 is 2.20 bits per heavy atom. The molecule has 5 nitrogen and oxygen atoms in total. The Morgan fingerprint density at radius 1 is 1.53 bits per heavy atom. The topological polar surface area (TPSA) is 83.0 Å². The highest BCUT2D eigenvalue weighted by Gasteiger charge is 1.98. The van der Waals surface area contributed by atoms with Crippen LogP contribution in [0.25, 0.3) is 12.2 Å². The average molecular weight is 226 g/mol. The summed E-state index contributed by atoms with van der Waals surface area (Å²) in [6.07, 6.45) is 2.64. The first-order valence-corrected chi connectivity index (χ1v) is 4.90. The van der Waals surface area contributed by atoms with Gasteiger partial charge in [-0.15, -0.1) is 11.3 Å². The molecule has 0 bridgehead atoms. The van der Waals surface area contributed by atoms with Crippen LogP contribution in [0.1, 0.15) is 6.92 Å². The summed E-state index contributed by atoms with van der Waals surface area (Å²) in [7, 11) is 1.25. The fraction of sp³-hybridized carbons (Fsp3) is 0.222. The molecule has 15 heavy (non-hydrogen) atoms. The zero-order valence-electron chi connectivity index (χ0n) is 8.29. The van der Waals surface area contributed by atoms with Gasteiger partial charge in [-0.1, -0.05) is 0 Å². The summed E-state index contributed by atoms with van der Waals surface area (Å²) >= 11 is 1.11. The van der Waals surface area contributed by atoms with Gasteiger partial charge in [0, 0.05) is 11.8 Å². The Labute approximate surface area is 89.2 Å². The third-order valence-corrected chi connectivity index (χ3v) is 2.44. The van der Waals surface area contributed by atoms with Crippen molar-refractivity contribution in [3.05, 3.63) is 19.5 Å². The van der Waals surface area contributed by atoms with Gasteiger partial charge in [-0.2, -0.15) is 0 Å². The van der Waals surface area contributed by atoms with Crippen molar-refractivity contribution in [2.24, 2.45) is 0 Å². The van der Waals surface area contributed by atoms with Gasteiger partial charge >= 0.3 is 5.97 Å². The minimum absolute atomic E-state index is 0.273. The maximum absolute atomic E-state index is 11.3. The molecule has 0 aliphatic carbocycles.